The fourth-order valence-corrected chi connectivity index (χ4v) is 7.40. The van der Waals surface area contributed by atoms with Gasteiger partial charge in [0.1, 0.15) is 0 Å². The zero-order valence-corrected chi connectivity index (χ0v) is 38.4. The van der Waals surface area contributed by atoms with E-state index >= 15 is 0 Å². The maximum atomic E-state index is 13.1. The van der Waals surface area contributed by atoms with Crippen molar-refractivity contribution in [2.45, 2.75) is 104 Å². The summed E-state index contributed by atoms with van der Waals surface area (Å²) in [5.74, 6) is -0.445. The molecule has 5 rings (SSSR count). The van der Waals surface area contributed by atoms with E-state index in [9.17, 15) is 19.8 Å². The fraction of sp³-hybridized carbons (Fsp3) is 0.380. The molecule has 4 aromatic rings. The molecule has 1 saturated heterocycles. The van der Waals surface area contributed by atoms with Crippen molar-refractivity contribution in [2.24, 2.45) is 0 Å². The maximum Gasteiger partial charge on any atom is 0.286 e. The molecule has 1 fully saturated rings. The van der Waals surface area contributed by atoms with Crippen molar-refractivity contribution >= 4 is 46.6 Å². The molecular formula is C50H62Cl3N5O4. The predicted molar refractivity (Wildman–Crippen MR) is 257 cm³/mol. The van der Waals surface area contributed by atoms with E-state index in [0.717, 1.165) is 80.4 Å². The third kappa shape index (κ3) is 17.5. The first-order valence-corrected chi connectivity index (χ1v) is 22.9. The molecule has 4 N–H and O–H groups in total. The van der Waals surface area contributed by atoms with Gasteiger partial charge in [0.05, 0.1) is 16.4 Å². The molecule has 1 aromatic heterocycles. The van der Waals surface area contributed by atoms with Crippen molar-refractivity contribution in [3.05, 3.63) is 141 Å². The lowest BCUT2D eigenvalue weighted by Gasteiger charge is -2.26. The Bertz CT molecular complexity index is 2120. The van der Waals surface area contributed by atoms with Crippen LogP contribution in [0.1, 0.15) is 112 Å². The first-order chi connectivity index (χ1) is 30.1. The number of phenols is 2. The van der Waals surface area contributed by atoms with Crippen LogP contribution in [0, 0.1) is 6.92 Å². The number of rotatable bonds is 21. The number of aromatic hydroxyl groups is 2. The van der Waals surface area contributed by atoms with E-state index in [1.807, 2.05) is 36.2 Å². The molecule has 0 radical (unpaired) electrons. The monoisotopic (exact) mass is 901 g/mol. The Balaban J connectivity index is 0.000000273. The van der Waals surface area contributed by atoms with E-state index in [4.69, 9.17) is 34.8 Å². The van der Waals surface area contributed by atoms with Gasteiger partial charge in [-0.25, -0.2) is 9.69 Å². The molecule has 0 saturated carbocycles. The second-order valence-electron chi connectivity index (χ2n) is 15.2. The number of halogens is 3. The molecule has 62 heavy (non-hydrogen) atoms. The van der Waals surface area contributed by atoms with Gasteiger partial charge < -0.3 is 15.5 Å². The van der Waals surface area contributed by atoms with Crippen LogP contribution in [-0.2, 0) is 11.2 Å². The van der Waals surface area contributed by atoms with E-state index in [1.165, 1.54) is 44.2 Å². The van der Waals surface area contributed by atoms with Crippen molar-refractivity contribution in [3.63, 3.8) is 0 Å². The van der Waals surface area contributed by atoms with Gasteiger partial charge in [-0.05, 0) is 119 Å². The van der Waals surface area contributed by atoms with Crippen LogP contribution < -0.4 is 10.7 Å². The highest BCUT2D eigenvalue weighted by Crippen LogP contribution is 2.33. The van der Waals surface area contributed by atoms with Crippen LogP contribution in [0.5, 0.6) is 11.5 Å². The Morgan fingerprint density at radius 1 is 0.742 bits per heavy atom. The Morgan fingerprint density at radius 2 is 1.37 bits per heavy atom. The number of carbonyl (C=O) groups is 2. The fourth-order valence-electron chi connectivity index (χ4n) is 6.79. The number of unbranched alkanes of at least 4 members (excludes halogenated alkanes) is 4. The number of phenolic OH excluding ortho intramolecular Hbond substituents is 2. The molecule has 0 unspecified atom stereocenters. The highest BCUT2D eigenvalue weighted by Gasteiger charge is 2.25. The molecule has 1 aliphatic rings. The Morgan fingerprint density at radius 3 is 2.00 bits per heavy atom. The third-order valence-corrected chi connectivity index (χ3v) is 11.0. The number of amides is 2. The molecule has 2 heterocycles. The van der Waals surface area contributed by atoms with Crippen LogP contribution in [0.2, 0.25) is 15.1 Å². The molecule has 1 aliphatic heterocycles. The summed E-state index contributed by atoms with van der Waals surface area (Å²) in [6, 6.07) is 17.3. The number of hydrogen-bond donors (Lipinski definition) is 4. The second-order valence-corrected chi connectivity index (χ2v) is 16.5. The lowest BCUT2D eigenvalue weighted by molar-refractivity contribution is -0.121. The number of piperidine rings is 1. The Kier molecular flexibility index (Phi) is 22.5. The minimum Gasteiger partial charge on any atom is -0.504 e. The van der Waals surface area contributed by atoms with Crippen molar-refractivity contribution < 1.29 is 19.8 Å². The number of allylic oxidation sites excluding steroid dienone is 8. The van der Waals surface area contributed by atoms with Crippen molar-refractivity contribution in [3.8, 4) is 28.4 Å². The highest BCUT2D eigenvalue weighted by molar-refractivity contribution is 6.35. The lowest BCUT2D eigenvalue weighted by atomic mass is 10.1. The third-order valence-electron chi connectivity index (χ3n) is 10.2. The summed E-state index contributed by atoms with van der Waals surface area (Å²) in [5.41, 5.74) is 7.30. The second kappa shape index (κ2) is 28.0. The van der Waals surface area contributed by atoms with E-state index in [-0.39, 0.29) is 23.3 Å². The van der Waals surface area contributed by atoms with Crippen LogP contribution in [0.3, 0.4) is 0 Å². The minimum atomic E-state index is -0.228. The van der Waals surface area contributed by atoms with Crippen LogP contribution in [0.4, 0.5) is 0 Å². The summed E-state index contributed by atoms with van der Waals surface area (Å²) in [4.78, 5) is 24.9. The van der Waals surface area contributed by atoms with E-state index in [0.29, 0.717) is 45.8 Å². The minimum absolute atomic E-state index is 0.0453. The first kappa shape index (κ1) is 49.9. The van der Waals surface area contributed by atoms with Crippen LogP contribution >= 0.6 is 34.8 Å². The summed E-state index contributed by atoms with van der Waals surface area (Å²) >= 11 is 18.6. The van der Waals surface area contributed by atoms with Gasteiger partial charge in [-0.3, -0.25) is 15.0 Å². The van der Waals surface area contributed by atoms with Crippen LogP contribution in [0.25, 0.3) is 16.9 Å². The van der Waals surface area contributed by atoms with Gasteiger partial charge in [0.15, 0.2) is 17.2 Å². The first-order valence-electron chi connectivity index (χ1n) is 21.8. The summed E-state index contributed by atoms with van der Waals surface area (Å²) in [5, 5.41) is 29.9. The molecule has 3 aromatic carbocycles. The topological polar surface area (TPSA) is 120 Å². The van der Waals surface area contributed by atoms with Crippen molar-refractivity contribution in [2.75, 3.05) is 19.6 Å². The Labute approximate surface area is 383 Å². The number of aromatic nitrogens is 2. The molecule has 2 amide bonds. The number of nitrogens with one attached hydrogen (secondary N) is 2. The quantitative estimate of drug-likeness (QED) is 0.0376. The summed E-state index contributed by atoms with van der Waals surface area (Å²) in [6.45, 7) is 6.34. The van der Waals surface area contributed by atoms with E-state index in [1.54, 1.807) is 28.9 Å². The summed E-state index contributed by atoms with van der Waals surface area (Å²) in [7, 11) is 0. The smallest absolute Gasteiger partial charge is 0.286 e. The van der Waals surface area contributed by atoms with Gasteiger partial charge in [-0.15, -0.1) is 0 Å². The Hall–Kier alpha value is -4.80. The summed E-state index contributed by atoms with van der Waals surface area (Å²) < 4.78 is 1.70. The zero-order valence-electron chi connectivity index (χ0n) is 36.1. The molecule has 0 aliphatic carbocycles. The molecule has 9 nitrogen and oxygen atoms in total. The van der Waals surface area contributed by atoms with E-state index in [2.05, 4.69) is 71.4 Å². The van der Waals surface area contributed by atoms with Crippen molar-refractivity contribution in [1.29, 1.82) is 0 Å². The normalized spacial score (nSPS) is 13.3. The van der Waals surface area contributed by atoms with Gasteiger partial charge in [-0.2, -0.15) is 5.10 Å². The molecule has 0 spiro atoms. The lowest BCUT2D eigenvalue weighted by Crippen LogP contribution is -2.45. The summed E-state index contributed by atoms with van der Waals surface area (Å²) in [6.07, 6.45) is 31.8. The van der Waals surface area contributed by atoms with Gasteiger partial charge in [0.25, 0.3) is 5.91 Å². The van der Waals surface area contributed by atoms with Crippen molar-refractivity contribution in [1.82, 2.24) is 25.5 Å². The van der Waals surface area contributed by atoms with Gasteiger partial charge in [0.2, 0.25) is 5.91 Å². The molecular weight excluding hydrogens is 841 g/mol. The number of nitrogens with zero attached hydrogens (tertiary/aromatic N) is 3. The number of carbonyl (C=O) groups excluding carboxylic acids is 2. The van der Waals surface area contributed by atoms with Crippen LogP contribution in [0.15, 0.2) is 109 Å². The standard InChI is InChI=1S/C28H41NO3.C22H21Cl3N4O/c1-2-3-4-5-6-7-8-9-10-11-12-13-14-15-16-17-18-19-28(32)29-23-22-25-20-21-26(30)27(31)24-25;1-14-20(22(30)27-28-11-3-2-4-12-28)26-29(19-10-9-17(24)13-18(19)25)21(14)15-5-7-16(23)8-6-15/h6-7,9-10,12-13,15-16,20-21,24,30-31H,2-5,8,11,14,17-19,22-23H2,1H3,(H,29,32);5-10,13H,2-4,11-12H2,1H3,(H,27,30)/b7-6-,10-9-,13-12-,16-15-;. The average molecular weight is 903 g/mol. The molecule has 12 heteroatoms. The molecule has 0 bridgehead atoms. The number of hydrazine groups is 1. The van der Waals surface area contributed by atoms with Crippen LogP contribution in [-0.4, -0.2) is 56.5 Å². The van der Waals surface area contributed by atoms with Gasteiger partial charge in [-0.1, -0.05) is 128 Å². The number of benzene rings is 3. The maximum absolute atomic E-state index is 13.1. The largest absolute Gasteiger partial charge is 0.504 e. The highest BCUT2D eigenvalue weighted by atomic mass is 35.5. The van der Waals surface area contributed by atoms with Gasteiger partial charge >= 0.3 is 0 Å². The number of hydrogen-bond acceptors (Lipinski definition) is 6. The average Bonchev–Trinajstić information content (AvgIpc) is 3.60. The van der Waals surface area contributed by atoms with E-state index < -0.39 is 0 Å². The molecule has 0 atom stereocenters. The zero-order chi connectivity index (χ0) is 44.5. The molecule has 332 valence electrons. The predicted octanol–water partition coefficient (Wildman–Crippen LogP) is 12.8. The van der Waals surface area contributed by atoms with Gasteiger partial charge in [0, 0.05) is 47.2 Å². The SMILES string of the molecule is CCCCC/C=C\C/C=C\C/C=C\C/C=C\CCCC(=O)NCCc1ccc(O)c(O)c1.Cc1c(C(=O)NN2CCCCC2)nn(-c2ccc(Cl)cc2Cl)c1-c1ccc(Cl)cc1.